The van der Waals surface area contributed by atoms with Crippen LogP contribution in [0.3, 0.4) is 0 Å². The Hall–Kier alpha value is -2.91. The average Bonchev–Trinajstić information content (AvgIpc) is 3.24. The summed E-state index contributed by atoms with van der Waals surface area (Å²) in [6.07, 6.45) is 3.02. The van der Waals surface area contributed by atoms with Crippen LogP contribution in [-0.4, -0.2) is 51.7 Å². The van der Waals surface area contributed by atoms with Crippen molar-refractivity contribution in [3.05, 3.63) is 69.7 Å². The highest BCUT2D eigenvalue weighted by Gasteiger charge is 2.26. The van der Waals surface area contributed by atoms with Crippen molar-refractivity contribution in [3.63, 3.8) is 0 Å². The van der Waals surface area contributed by atoms with Crippen LogP contribution in [0.1, 0.15) is 34.3 Å². The van der Waals surface area contributed by atoms with Gasteiger partial charge in [0.05, 0.1) is 0 Å². The maximum atomic E-state index is 11.4. The first kappa shape index (κ1) is 22.3. The first-order valence-corrected chi connectivity index (χ1v) is 11.6. The lowest BCUT2D eigenvalue weighted by atomic mass is 10.0. The summed E-state index contributed by atoms with van der Waals surface area (Å²) in [5, 5.41) is 6.91. The zero-order valence-corrected chi connectivity index (χ0v) is 19.5. The van der Waals surface area contributed by atoms with Crippen molar-refractivity contribution in [2.75, 3.05) is 30.3 Å². The molecule has 32 heavy (non-hydrogen) atoms. The predicted molar refractivity (Wildman–Crippen MR) is 129 cm³/mol. The van der Waals surface area contributed by atoms with E-state index < -0.39 is 5.91 Å². The Morgan fingerprint density at radius 3 is 2.34 bits per heavy atom. The number of amides is 1. The fraction of sp³-hybridized carbons (Fsp3) is 0.348. The highest BCUT2D eigenvalue weighted by atomic mass is 79.9. The number of benzene rings is 2. The molecular formula is C23H28BrN7O. The molecule has 1 fully saturated rings. The van der Waals surface area contributed by atoms with Crippen molar-refractivity contribution >= 4 is 33.7 Å². The number of carbonyl (C=O) groups is 1. The van der Waals surface area contributed by atoms with E-state index in [2.05, 4.69) is 65.2 Å². The Kier molecular flexibility index (Phi) is 7.06. The van der Waals surface area contributed by atoms with E-state index in [0.717, 1.165) is 49.9 Å². The summed E-state index contributed by atoms with van der Waals surface area (Å²) in [5.74, 6) is 0.616. The zero-order valence-electron chi connectivity index (χ0n) is 17.9. The monoisotopic (exact) mass is 497 g/mol. The Morgan fingerprint density at radius 1 is 1.09 bits per heavy atom. The molecule has 0 spiro atoms. The van der Waals surface area contributed by atoms with Crippen molar-refractivity contribution in [1.82, 2.24) is 20.1 Å². The predicted octanol–water partition coefficient (Wildman–Crippen LogP) is 2.96. The number of primary amides is 1. The average molecular weight is 498 g/mol. The van der Waals surface area contributed by atoms with E-state index in [1.54, 1.807) is 12.1 Å². The summed E-state index contributed by atoms with van der Waals surface area (Å²) >= 11 is 3.51. The van der Waals surface area contributed by atoms with Crippen molar-refractivity contribution in [2.45, 2.75) is 31.8 Å². The Balaban J connectivity index is 1.43. The second-order valence-electron chi connectivity index (χ2n) is 8.15. The lowest BCUT2D eigenvalue weighted by molar-refractivity contribution is 0.1000. The van der Waals surface area contributed by atoms with Crippen LogP contribution in [0.4, 0.5) is 11.9 Å². The Morgan fingerprint density at radius 2 is 1.75 bits per heavy atom. The highest BCUT2D eigenvalue weighted by molar-refractivity contribution is 9.10. The van der Waals surface area contributed by atoms with Gasteiger partial charge >= 0.3 is 0 Å². The molecular weight excluding hydrogens is 470 g/mol. The minimum absolute atomic E-state index is 0.345. The molecule has 1 aliphatic rings. The maximum absolute atomic E-state index is 11.4. The van der Waals surface area contributed by atoms with E-state index in [1.807, 2.05) is 12.1 Å². The number of nitrogen functional groups attached to an aromatic ring is 1. The minimum atomic E-state index is -0.399. The van der Waals surface area contributed by atoms with Crippen LogP contribution in [0.25, 0.3) is 0 Å². The van der Waals surface area contributed by atoms with Gasteiger partial charge in [-0.3, -0.25) is 9.69 Å². The van der Waals surface area contributed by atoms with Gasteiger partial charge in [0.2, 0.25) is 17.8 Å². The molecule has 0 aliphatic carbocycles. The number of carbonyl (C=O) groups excluding carboxylic acids is 1. The van der Waals surface area contributed by atoms with E-state index in [9.17, 15) is 4.79 Å². The van der Waals surface area contributed by atoms with Crippen LogP contribution in [0, 0.1) is 0 Å². The Bertz CT molecular complexity index is 1030. The zero-order chi connectivity index (χ0) is 22.5. The highest BCUT2D eigenvalue weighted by Crippen LogP contribution is 2.23. The number of nitrogens with two attached hydrogens (primary N) is 2. The van der Waals surface area contributed by atoms with E-state index >= 15 is 0 Å². The van der Waals surface area contributed by atoms with Crippen LogP contribution in [0.5, 0.6) is 0 Å². The van der Waals surface area contributed by atoms with E-state index in [-0.39, 0.29) is 0 Å². The molecule has 2 aromatic carbocycles. The van der Waals surface area contributed by atoms with Crippen LogP contribution in [0.2, 0.25) is 0 Å². The van der Waals surface area contributed by atoms with Gasteiger partial charge in [-0.15, -0.1) is 5.10 Å². The minimum Gasteiger partial charge on any atom is -0.368 e. The molecule has 168 valence electrons. The van der Waals surface area contributed by atoms with E-state index in [4.69, 9.17) is 11.5 Å². The second kappa shape index (κ2) is 10.1. The molecule has 1 aliphatic heterocycles. The van der Waals surface area contributed by atoms with Gasteiger partial charge in [0.25, 0.3) is 0 Å². The largest absolute Gasteiger partial charge is 0.368 e. The molecule has 0 radical (unpaired) electrons. The van der Waals surface area contributed by atoms with Crippen LogP contribution < -0.4 is 16.4 Å². The molecule has 1 aromatic heterocycles. The maximum Gasteiger partial charge on any atom is 0.248 e. The summed E-state index contributed by atoms with van der Waals surface area (Å²) in [7, 11) is 0. The molecule has 0 saturated carbocycles. The quantitative estimate of drug-likeness (QED) is 0.440. The van der Waals surface area contributed by atoms with Crippen LogP contribution in [0.15, 0.2) is 53.0 Å². The first-order valence-electron chi connectivity index (χ1n) is 10.8. The van der Waals surface area contributed by atoms with Crippen molar-refractivity contribution in [3.8, 4) is 0 Å². The number of hydrogen-bond acceptors (Lipinski definition) is 6. The van der Waals surface area contributed by atoms with Gasteiger partial charge in [-0.25, -0.2) is 5.10 Å². The number of aromatic nitrogens is 3. The van der Waals surface area contributed by atoms with Crippen molar-refractivity contribution in [2.24, 2.45) is 5.73 Å². The smallest absolute Gasteiger partial charge is 0.248 e. The molecule has 5 N–H and O–H groups in total. The molecule has 0 atom stereocenters. The molecule has 0 bridgehead atoms. The standard InChI is InChI=1S/C23H28BrN7O/c24-19-7-3-16(4-8-19)9-12-31(15-17-1-5-18(6-2-17)21(25)32)20-10-13-30(14-11-20)23-27-22(26)28-29-23/h1-8,20H,9-15H2,(H2,25,32)(H3,26,27,28,29). The van der Waals surface area contributed by atoms with Crippen molar-refractivity contribution in [1.29, 1.82) is 0 Å². The summed E-state index contributed by atoms with van der Waals surface area (Å²) in [4.78, 5) is 20.4. The molecule has 9 heteroatoms. The summed E-state index contributed by atoms with van der Waals surface area (Å²) in [6, 6.07) is 16.6. The number of H-pyrrole nitrogens is 1. The number of nitrogens with one attached hydrogen (secondary N) is 1. The number of nitrogens with zero attached hydrogens (tertiary/aromatic N) is 4. The SMILES string of the molecule is NC(=O)c1ccc(CN(CCc2ccc(Br)cc2)C2CCN(c3n[nH]c(N)n3)CC2)cc1. The van der Waals surface area contributed by atoms with Gasteiger partial charge in [0, 0.05) is 42.3 Å². The van der Waals surface area contributed by atoms with E-state index in [1.165, 1.54) is 11.1 Å². The molecule has 1 saturated heterocycles. The summed E-state index contributed by atoms with van der Waals surface area (Å²) in [5.41, 5.74) is 14.1. The lowest BCUT2D eigenvalue weighted by Crippen LogP contribution is -2.45. The Labute approximate surface area is 196 Å². The van der Waals surface area contributed by atoms with Gasteiger partial charge in [0.1, 0.15) is 0 Å². The van der Waals surface area contributed by atoms with E-state index in [0.29, 0.717) is 23.5 Å². The number of aromatic amines is 1. The second-order valence-corrected chi connectivity index (χ2v) is 9.06. The lowest BCUT2D eigenvalue weighted by Gasteiger charge is -2.38. The number of piperidine rings is 1. The fourth-order valence-electron chi connectivity index (χ4n) is 4.16. The molecule has 0 unspecified atom stereocenters. The third-order valence-electron chi connectivity index (χ3n) is 5.98. The van der Waals surface area contributed by atoms with Crippen molar-refractivity contribution < 1.29 is 4.79 Å². The number of halogens is 1. The normalized spacial score (nSPS) is 14.8. The topological polar surface area (TPSA) is 117 Å². The molecule has 4 rings (SSSR count). The molecule has 2 heterocycles. The molecule has 3 aromatic rings. The number of anilines is 2. The van der Waals surface area contributed by atoms with Crippen LogP contribution >= 0.6 is 15.9 Å². The van der Waals surface area contributed by atoms with Gasteiger partial charge in [-0.1, -0.05) is 40.2 Å². The van der Waals surface area contributed by atoms with Crippen LogP contribution in [-0.2, 0) is 13.0 Å². The van der Waals surface area contributed by atoms with Gasteiger partial charge in [0.15, 0.2) is 0 Å². The molecule has 8 nitrogen and oxygen atoms in total. The summed E-state index contributed by atoms with van der Waals surface area (Å²) in [6.45, 7) is 3.56. The third kappa shape index (κ3) is 5.66. The summed E-state index contributed by atoms with van der Waals surface area (Å²) < 4.78 is 1.09. The third-order valence-corrected chi connectivity index (χ3v) is 6.51. The van der Waals surface area contributed by atoms with Gasteiger partial charge in [-0.2, -0.15) is 4.98 Å². The van der Waals surface area contributed by atoms with Gasteiger partial charge in [-0.05, 0) is 54.7 Å². The number of rotatable bonds is 8. The first-order chi connectivity index (χ1) is 15.5. The van der Waals surface area contributed by atoms with Gasteiger partial charge < -0.3 is 16.4 Å². The number of hydrogen-bond donors (Lipinski definition) is 3. The molecule has 1 amide bonds. The fourth-order valence-corrected chi connectivity index (χ4v) is 4.43.